The topological polar surface area (TPSA) is 108 Å². The summed E-state index contributed by atoms with van der Waals surface area (Å²) in [6, 6.07) is 9.17. The summed E-state index contributed by atoms with van der Waals surface area (Å²) >= 11 is 0. The Morgan fingerprint density at radius 3 is 2.48 bits per heavy atom. The number of halogens is 3. The van der Waals surface area contributed by atoms with Crippen LogP contribution in [0.1, 0.15) is 34.8 Å². The first-order valence-electron chi connectivity index (χ1n) is 8.11. The van der Waals surface area contributed by atoms with E-state index in [4.69, 9.17) is 9.15 Å². The zero-order chi connectivity index (χ0) is 21.2. The Hall–Kier alpha value is -3.76. The fraction of sp³-hybridized carbons (Fsp3) is 0.167. The molecule has 0 saturated heterocycles. The van der Waals surface area contributed by atoms with Gasteiger partial charge in [-0.25, -0.2) is 4.79 Å². The van der Waals surface area contributed by atoms with Crippen LogP contribution in [0.4, 0.5) is 18.9 Å². The molecule has 11 heteroatoms. The van der Waals surface area contributed by atoms with Crippen LogP contribution in [0.15, 0.2) is 52.9 Å². The second-order valence-corrected chi connectivity index (χ2v) is 5.88. The molecule has 1 heterocycles. The van der Waals surface area contributed by atoms with Crippen LogP contribution in [0.25, 0.3) is 11.5 Å². The highest BCUT2D eigenvalue weighted by atomic mass is 19.4. The molecule has 8 nitrogen and oxygen atoms in total. The van der Waals surface area contributed by atoms with Gasteiger partial charge in [0.05, 0.1) is 16.1 Å². The van der Waals surface area contributed by atoms with Crippen LogP contribution in [0.5, 0.6) is 0 Å². The number of benzene rings is 2. The van der Waals surface area contributed by atoms with Gasteiger partial charge in [0.2, 0.25) is 5.89 Å². The number of carbonyl (C=O) groups is 1. The van der Waals surface area contributed by atoms with E-state index in [0.717, 1.165) is 12.1 Å². The van der Waals surface area contributed by atoms with E-state index < -0.39 is 28.7 Å². The van der Waals surface area contributed by atoms with Gasteiger partial charge in [-0.3, -0.25) is 10.1 Å². The van der Waals surface area contributed by atoms with E-state index in [2.05, 4.69) is 10.2 Å². The van der Waals surface area contributed by atoms with Crippen molar-refractivity contribution in [2.75, 3.05) is 0 Å². The molecule has 3 rings (SSSR count). The fourth-order valence-electron chi connectivity index (χ4n) is 2.34. The molecule has 0 fully saturated rings. The molecule has 0 N–H and O–H groups in total. The molecule has 150 valence electrons. The summed E-state index contributed by atoms with van der Waals surface area (Å²) < 4.78 is 48.8. The summed E-state index contributed by atoms with van der Waals surface area (Å²) in [7, 11) is 0. The van der Waals surface area contributed by atoms with Gasteiger partial charge >= 0.3 is 12.1 Å². The van der Waals surface area contributed by atoms with E-state index in [1.165, 1.54) is 37.3 Å². The third-order valence-electron chi connectivity index (χ3n) is 3.82. The highest BCUT2D eigenvalue weighted by Crippen LogP contribution is 2.30. The normalized spacial score (nSPS) is 12.4. The summed E-state index contributed by atoms with van der Waals surface area (Å²) in [5.41, 5.74) is -0.956. The van der Waals surface area contributed by atoms with Gasteiger partial charge in [-0.2, -0.15) is 13.2 Å². The number of nitrogens with zero attached hydrogens (tertiary/aromatic N) is 3. The maximum Gasteiger partial charge on any atom is 0.416 e. The number of nitro benzene ring substituents is 1. The first-order chi connectivity index (χ1) is 13.6. The second-order valence-electron chi connectivity index (χ2n) is 5.88. The number of non-ortho nitro benzene ring substituents is 1. The molecular weight excluding hydrogens is 395 g/mol. The van der Waals surface area contributed by atoms with Crippen molar-refractivity contribution in [3.05, 3.63) is 75.7 Å². The number of alkyl halides is 3. The van der Waals surface area contributed by atoms with Crippen LogP contribution in [0.3, 0.4) is 0 Å². The molecule has 1 atom stereocenters. The molecule has 0 saturated carbocycles. The van der Waals surface area contributed by atoms with Gasteiger partial charge in [0.1, 0.15) is 0 Å². The van der Waals surface area contributed by atoms with Crippen molar-refractivity contribution < 1.29 is 32.0 Å². The summed E-state index contributed by atoms with van der Waals surface area (Å²) in [6.07, 6.45) is -5.62. The number of hydrogen-bond acceptors (Lipinski definition) is 7. The van der Waals surface area contributed by atoms with Gasteiger partial charge in [0.25, 0.3) is 11.6 Å². The van der Waals surface area contributed by atoms with E-state index in [0.29, 0.717) is 11.6 Å². The number of esters is 1. The molecular formula is C18H12F3N3O5. The maximum atomic E-state index is 12.8. The molecule has 0 spiro atoms. The first kappa shape index (κ1) is 20.0. The van der Waals surface area contributed by atoms with Gasteiger partial charge in [0, 0.05) is 17.7 Å². The van der Waals surface area contributed by atoms with E-state index in [-0.39, 0.29) is 23.0 Å². The van der Waals surface area contributed by atoms with Gasteiger partial charge in [-0.15, -0.1) is 10.2 Å². The number of nitro groups is 1. The number of ether oxygens (including phenoxy) is 1. The average Bonchev–Trinajstić information content (AvgIpc) is 3.18. The summed E-state index contributed by atoms with van der Waals surface area (Å²) in [6.45, 7) is 1.42. The highest BCUT2D eigenvalue weighted by Gasteiger charge is 2.31. The molecule has 0 radical (unpaired) electrons. The molecule has 0 aliphatic carbocycles. The SMILES string of the molecule is C[C@H](OC(=O)c1cccc(C(F)(F)F)c1)c1nnc(-c2ccc([N+](=O)[O-])cc2)o1. The van der Waals surface area contributed by atoms with E-state index in [1.807, 2.05) is 0 Å². The van der Waals surface area contributed by atoms with E-state index >= 15 is 0 Å². The van der Waals surface area contributed by atoms with Crippen molar-refractivity contribution in [2.24, 2.45) is 0 Å². The molecule has 1 aromatic heterocycles. The van der Waals surface area contributed by atoms with Crippen molar-refractivity contribution in [3.8, 4) is 11.5 Å². The van der Waals surface area contributed by atoms with Crippen LogP contribution < -0.4 is 0 Å². The van der Waals surface area contributed by atoms with Crippen LogP contribution >= 0.6 is 0 Å². The van der Waals surface area contributed by atoms with Gasteiger partial charge in [-0.1, -0.05) is 6.07 Å². The van der Waals surface area contributed by atoms with Crippen molar-refractivity contribution in [2.45, 2.75) is 19.2 Å². The van der Waals surface area contributed by atoms with Gasteiger partial charge in [0.15, 0.2) is 6.10 Å². The van der Waals surface area contributed by atoms with Crippen LogP contribution in [-0.2, 0) is 10.9 Å². The molecule has 0 aliphatic heterocycles. The quantitative estimate of drug-likeness (QED) is 0.346. The molecule has 3 aromatic rings. The summed E-state index contributed by atoms with van der Waals surface area (Å²) in [4.78, 5) is 22.3. The number of carbonyl (C=O) groups excluding carboxylic acids is 1. The molecule has 0 aliphatic rings. The Bertz CT molecular complexity index is 1050. The minimum atomic E-state index is -4.59. The smallest absolute Gasteiger partial charge is 0.416 e. The Morgan fingerprint density at radius 1 is 1.17 bits per heavy atom. The lowest BCUT2D eigenvalue weighted by Crippen LogP contribution is -2.12. The predicted molar refractivity (Wildman–Crippen MR) is 91.7 cm³/mol. The fourth-order valence-corrected chi connectivity index (χ4v) is 2.34. The Labute approximate surface area is 161 Å². The summed E-state index contributed by atoms with van der Waals surface area (Å²) in [5, 5.41) is 18.2. The Balaban J connectivity index is 1.72. The van der Waals surface area contributed by atoms with Crippen LogP contribution in [-0.4, -0.2) is 21.1 Å². The van der Waals surface area contributed by atoms with Crippen LogP contribution in [0, 0.1) is 10.1 Å². The van der Waals surface area contributed by atoms with Crippen molar-refractivity contribution in [3.63, 3.8) is 0 Å². The minimum absolute atomic E-state index is 0.0388. The summed E-state index contributed by atoms with van der Waals surface area (Å²) in [5.74, 6) is -1.03. The Kier molecular flexibility index (Phi) is 5.31. The van der Waals surface area contributed by atoms with Crippen molar-refractivity contribution in [1.29, 1.82) is 0 Å². The molecule has 29 heavy (non-hydrogen) atoms. The molecule has 0 unspecified atom stereocenters. The van der Waals surface area contributed by atoms with Crippen molar-refractivity contribution >= 4 is 11.7 Å². The lowest BCUT2D eigenvalue weighted by molar-refractivity contribution is -0.384. The Morgan fingerprint density at radius 2 is 1.86 bits per heavy atom. The molecule has 2 aromatic carbocycles. The van der Waals surface area contributed by atoms with E-state index in [9.17, 15) is 28.1 Å². The second kappa shape index (κ2) is 7.70. The third kappa shape index (κ3) is 4.57. The monoisotopic (exact) mass is 407 g/mol. The lowest BCUT2D eigenvalue weighted by atomic mass is 10.1. The van der Waals surface area contributed by atoms with Crippen LogP contribution in [0.2, 0.25) is 0 Å². The highest BCUT2D eigenvalue weighted by molar-refractivity contribution is 5.89. The first-order valence-corrected chi connectivity index (χ1v) is 8.11. The van der Waals surface area contributed by atoms with Crippen molar-refractivity contribution in [1.82, 2.24) is 10.2 Å². The largest absolute Gasteiger partial charge is 0.449 e. The minimum Gasteiger partial charge on any atom is -0.449 e. The zero-order valence-corrected chi connectivity index (χ0v) is 14.7. The maximum absolute atomic E-state index is 12.8. The lowest BCUT2D eigenvalue weighted by Gasteiger charge is -2.11. The number of hydrogen-bond donors (Lipinski definition) is 0. The average molecular weight is 407 g/mol. The molecule has 0 amide bonds. The molecule has 0 bridgehead atoms. The predicted octanol–water partition coefficient (Wildman–Crippen LogP) is 4.58. The standard InChI is InChI=1S/C18H12F3N3O5/c1-10(28-17(25)12-3-2-4-13(9-12)18(19,20)21)15-22-23-16(29-15)11-5-7-14(8-6-11)24(26)27/h2-10H,1H3/t10-/m0/s1. The van der Waals surface area contributed by atoms with E-state index in [1.54, 1.807) is 0 Å². The third-order valence-corrected chi connectivity index (χ3v) is 3.82. The number of aromatic nitrogens is 2. The zero-order valence-electron chi connectivity index (χ0n) is 14.7. The van der Waals surface area contributed by atoms with Gasteiger partial charge < -0.3 is 9.15 Å². The van der Waals surface area contributed by atoms with Gasteiger partial charge in [-0.05, 0) is 37.3 Å². The number of rotatable bonds is 5.